The number of benzene rings is 1. The van der Waals surface area contributed by atoms with Crippen LogP contribution in [0.25, 0.3) is 5.57 Å². The summed E-state index contributed by atoms with van der Waals surface area (Å²) >= 11 is 0. The summed E-state index contributed by atoms with van der Waals surface area (Å²) < 4.78 is 0. The second-order valence-corrected chi connectivity index (χ2v) is 4.98. The third-order valence-electron chi connectivity index (χ3n) is 3.40. The fourth-order valence-corrected chi connectivity index (χ4v) is 2.31. The first-order valence-corrected chi connectivity index (χ1v) is 7.45. The molecule has 2 heteroatoms. The lowest BCUT2D eigenvalue weighted by atomic mass is 9.97. The predicted octanol–water partition coefficient (Wildman–Crippen LogP) is 4.99. The van der Waals surface area contributed by atoms with E-state index in [1.54, 1.807) is 6.20 Å². The summed E-state index contributed by atoms with van der Waals surface area (Å²) in [5, 5.41) is 8.54. The molecular weight excluding hydrogens is 256 g/mol. The SMILES string of the molecule is N#CCCCCC/C=C(\c1ccccc1)c1cccnc1. The lowest BCUT2D eigenvalue weighted by Gasteiger charge is -2.08. The van der Waals surface area contributed by atoms with Gasteiger partial charge in [-0.05, 0) is 36.5 Å². The Balaban J connectivity index is 2.08. The molecule has 106 valence electrons. The number of rotatable bonds is 7. The Morgan fingerprint density at radius 1 is 1.00 bits per heavy atom. The van der Waals surface area contributed by atoms with Crippen LogP contribution in [-0.4, -0.2) is 4.98 Å². The Bertz CT molecular complexity index is 553. The van der Waals surface area contributed by atoms with Crippen LogP contribution in [0.1, 0.15) is 43.2 Å². The van der Waals surface area contributed by atoms with Gasteiger partial charge >= 0.3 is 0 Å². The summed E-state index contributed by atoms with van der Waals surface area (Å²) in [6, 6.07) is 16.7. The van der Waals surface area contributed by atoms with Crippen molar-refractivity contribution in [2.75, 3.05) is 0 Å². The highest BCUT2D eigenvalue weighted by atomic mass is 14.6. The van der Waals surface area contributed by atoms with Crippen LogP contribution in [0.4, 0.5) is 0 Å². The lowest BCUT2D eigenvalue weighted by molar-refractivity contribution is 0.700. The van der Waals surface area contributed by atoms with Gasteiger partial charge in [-0.25, -0.2) is 0 Å². The summed E-state index contributed by atoms with van der Waals surface area (Å²) in [4.78, 5) is 4.22. The van der Waals surface area contributed by atoms with Crippen molar-refractivity contribution >= 4 is 5.57 Å². The first-order valence-electron chi connectivity index (χ1n) is 7.45. The van der Waals surface area contributed by atoms with Gasteiger partial charge in [-0.1, -0.05) is 48.9 Å². The number of unbranched alkanes of at least 4 members (excludes halogenated alkanes) is 4. The van der Waals surface area contributed by atoms with Gasteiger partial charge in [0.05, 0.1) is 6.07 Å². The van der Waals surface area contributed by atoms with Gasteiger partial charge in [0.25, 0.3) is 0 Å². The van der Waals surface area contributed by atoms with E-state index in [2.05, 4.69) is 47.5 Å². The van der Waals surface area contributed by atoms with E-state index in [4.69, 9.17) is 5.26 Å². The number of nitrogens with zero attached hydrogens (tertiary/aromatic N) is 2. The molecule has 0 atom stereocenters. The molecule has 0 radical (unpaired) electrons. The maximum absolute atomic E-state index is 8.54. The van der Waals surface area contributed by atoms with E-state index in [0.717, 1.165) is 31.2 Å². The Morgan fingerprint density at radius 2 is 1.81 bits per heavy atom. The average molecular weight is 276 g/mol. The van der Waals surface area contributed by atoms with Crippen molar-refractivity contribution in [1.29, 1.82) is 5.26 Å². The van der Waals surface area contributed by atoms with Gasteiger partial charge < -0.3 is 0 Å². The maximum Gasteiger partial charge on any atom is 0.0621 e. The Kier molecular flexibility index (Phi) is 6.22. The third kappa shape index (κ3) is 4.89. The van der Waals surface area contributed by atoms with E-state index in [-0.39, 0.29) is 0 Å². The maximum atomic E-state index is 8.54. The molecule has 0 N–H and O–H groups in total. The van der Waals surface area contributed by atoms with Gasteiger partial charge in [-0.15, -0.1) is 0 Å². The Morgan fingerprint density at radius 3 is 2.52 bits per heavy atom. The number of allylic oxidation sites excluding steroid dienone is 1. The molecule has 0 saturated heterocycles. The van der Waals surface area contributed by atoms with Crippen LogP contribution in [-0.2, 0) is 0 Å². The van der Waals surface area contributed by atoms with Crippen LogP contribution in [0.5, 0.6) is 0 Å². The largest absolute Gasteiger partial charge is 0.264 e. The average Bonchev–Trinajstić information content (AvgIpc) is 2.56. The molecule has 0 unspecified atom stereocenters. The normalized spacial score (nSPS) is 11.1. The van der Waals surface area contributed by atoms with Crippen LogP contribution in [0.2, 0.25) is 0 Å². The molecule has 0 aliphatic rings. The molecule has 1 heterocycles. The van der Waals surface area contributed by atoms with Crippen molar-refractivity contribution in [3.63, 3.8) is 0 Å². The third-order valence-corrected chi connectivity index (χ3v) is 3.40. The molecular formula is C19H20N2. The zero-order chi connectivity index (χ0) is 14.8. The number of hydrogen-bond donors (Lipinski definition) is 0. The Labute approximate surface area is 126 Å². The fraction of sp³-hybridized carbons (Fsp3) is 0.263. The molecule has 2 rings (SSSR count). The first kappa shape index (κ1) is 15.0. The molecule has 1 aromatic heterocycles. The van der Waals surface area contributed by atoms with Crippen molar-refractivity contribution in [2.24, 2.45) is 0 Å². The van der Waals surface area contributed by atoms with Crippen molar-refractivity contribution in [2.45, 2.75) is 32.1 Å². The van der Waals surface area contributed by atoms with Crippen LogP contribution >= 0.6 is 0 Å². The van der Waals surface area contributed by atoms with Crippen molar-refractivity contribution in [1.82, 2.24) is 4.98 Å². The highest BCUT2D eigenvalue weighted by Crippen LogP contribution is 2.23. The highest BCUT2D eigenvalue weighted by molar-refractivity contribution is 5.79. The van der Waals surface area contributed by atoms with Crippen molar-refractivity contribution in [3.05, 3.63) is 72.1 Å². The quantitative estimate of drug-likeness (QED) is 0.668. The van der Waals surface area contributed by atoms with Gasteiger partial charge in [0, 0.05) is 24.4 Å². The molecule has 0 spiro atoms. The van der Waals surface area contributed by atoms with Gasteiger partial charge in [-0.2, -0.15) is 5.26 Å². The van der Waals surface area contributed by atoms with Crippen LogP contribution in [0.15, 0.2) is 60.9 Å². The van der Waals surface area contributed by atoms with E-state index in [9.17, 15) is 0 Å². The van der Waals surface area contributed by atoms with Gasteiger partial charge in [-0.3, -0.25) is 4.98 Å². The summed E-state index contributed by atoms with van der Waals surface area (Å²) in [5.41, 5.74) is 3.62. The van der Waals surface area contributed by atoms with Gasteiger partial charge in [0.15, 0.2) is 0 Å². The van der Waals surface area contributed by atoms with Crippen molar-refractivity contribution in [3.8, 4) is 6.07 Å². The predicted molar refractivity (Wildman–Crippen MR) is 86.5 cm³/mol. The second-order valence-electron chi connectivity index (χ2n) is 4.98. The molecule has 0 fully saturated rings. The summed E-state index contributed by atoms with van der Waals surface area (Å²) in [7, 11) is 0. The van der Waals surface area contributed by atoms with Crippen molar-refractivity contribution < 1.29 is 0 Å². The summed E-state index contributed by atoms with van der Waals surface area (Å²) in [6.07, 6.45) is 10.9. The zero-order valence-electron chi connectivity index (χ0n) is 12.2. The number of nitriles is 1. The fourth-order valence-electron chi connectivity index (χ4n) is 2.31. The molecule has 0 amide bonds. The molecule has 0 aliphatic carbocycles. The standard InChI is InChI=1S/C19H20N2/c20-14-8-3-1-2-7-13-19(17-10-5-4-6-11-17)18-12-9-15-21-16-18/h4-6,9-13,15-16H,1-3,7-8H2/b19-13+. The molecule has 2 nitrogen and oxygen atoms in total. The van der Waals surface area contributed by atoms with E-state index < -0.39 is 0 Å². The second kappa shape index (κ2) is 8.71. The number of pyridine rings is 1. The summed E-state index contributed by atoms with van der Waals surface area (Å²) in [5.74, 6) is 0. The first-order chi connectivity index (χ1) is 10.4. The number of hydrogen-bond acceptors (Lipinski definition) is 2. The minimum Gasteiger partial charge on any atom is -0.264 e. The monoisotopic (exact) mass is 276 g/mol. The molecule has 0 saturated carbocycles. The van der Waals surface area contributed by atoms with E-state index in [0.29, 0.717) is 6.42 Å². The van der Waals surface area contributed by atoms with E-state index in [1.807, 2.05) is 18.3 Å². The van der Waals surface area contributed by atoms with E-state index >= 15 is 0 Å². The van der Waals surface area contributed by atoms with Gasteiger partial charge in [0.2, 0.25) is 0 Å². The molecule has 0 aliphatic heterocycles. The van der Waals surface area contributed by atoms with Crippen LogP contribution in [0, 0.1) is 11.3 Å². The van der Waals surface area contributed by atoms with Gasteiger partial charge in [0.1, 0.15) is 0 Å². The molecule has 1 aromatic carbocycles. The zero-order valence-corrected chi connectivity index (χ0v) is 12.2. The topological polar surface area (TPSA) is 36.7 Å². The molecule has 0 bridgehead atoms. The summed E-state index contributed by atoms with van der Waals surface area (Å²) in [6.45, 7) is 0. The molecule has 2 aromatic rings. The number of aromatic nitrogens is 1. The lowest BCUT2D eigenvalue weighted by Crippen LogP contribution is -1.89. The van der Waals surface area contributed by atoms with Crippen LogP contribution < -0.4 is 0 Å². The molecule has 21 heavy (non-hydrogen) atoms. The highest BCUT2D eigenvalue weighted by Gasteiger charge is 2.04. The smallest absolute Gasteiger partial charge is 0.0621 e. The van der Waals surface area contributed by atoms with Crippen LogP contribution in [0.3, 0.4) is 0 Å². The van der Waals surface area contributed by atoms with E-state index in [1.165, 1.54) is 11.1 Å². The minimum atomic E-state index is 0.665. The minimum absolute atomic E-state index is 0.665. The Hall–Kier alpha value is -2.40.